The number of nitrogens with one attached hydrogen (secondary N) is 2. The van der Waals surface area contributed by atoms with Crippen LogP contribution in [0, 0.1) is 5.92 Å². The molecule has 5 nitrogen and oxygen atoms in total. The van der Waals surface area contributed by atoms with Crippen LogP contribution in [-0.2, 0) is 23.0 Å². The van der Waals surface area contributed by atoms with Gasteiger partial charge in [0, 0.05) is 12.1 Å². The van der Waals surface area contributed by atoms with Gasteiger partial charge in [-0.2, -0.15) is 0 Å². The van der Waals surface area contributed by atoms with Crippen LogP contribution in [0.4, 0.5) is 0 Å². The quantitative estimate of drug-likeness (QED) is 0.797. The third kappa shape index (κ3) is 5.14. The smallest absolute Gasteiger partial charge is 0.251 e. The molecule has 0 heterocycles. The Hall–Kier alpha value is -2.18. The van der Waals surface area contributed by atoms with Crippen LogP contribution < -0.4 is 10.0 Å². The van der Waals surface area contributed by atoms with E-state index in [1.165, 1.54) is 19.2 Å². The van der Waals surface area contributed by atoms with Crippen LogP contribution in [0.3, 0.4) is 0 Å². The van der Waals surface area contributed by atoms with Gasteiger partial charge >= 0.3 is 0 Å². The average Bonchev–Trinajstić information content (AvgIpc) is 2.60. The molecule has 0 fully saturated rings. The summed E-state index contributed by atoms with van der Waals surface area (Å²) in [7, 11) is -2.07. The van der Waals surface area contributed by atoms with Crippen LogP contribution in [-0.4, -0.2) is 21.4 Å². The molecule has 25 heavy (non-hydrogen) atoms. The summed E-state index contributed by atoms with van der Waals surface area (Å²) in [4.78, 5) is 12.7. The van der Waals surface area contributed by atoms with Crippen LogP contribution in [0.25, 0.3) is 0 Å². The summed E-state index contributed by atoms with van der Waals surface area (Å²) in [6, 6.07) is 14.1. The minimum Gasteiger partial charge on any atom is -0.348 e. The van der Waals surface area contributed by atoms with Gasteiger partial charge < -0.3 is 5.32 Å². The molecular weight excluding hydrogens is 336 g/mol. The van der Waals surface area contributed by atoms with Crippen molar-refractivity contribution >= 4 is 15.9 Å². The van der Waals surface area contributed by atoms with Gasteiger partial charge in [-0.1, -0.05) is 44.2 Å². The third-order valence-corrected chi connectivity index (χ3v) is 5.28. The fourth-order valence-corrected chi connectivity index (χ4v) is 3.27. The lowest BCUT2D eigenvalue weighted by atomic mass is 9.97. The van der Waals surface area contributed by atoms with Gasteiger partial charge in [0.25, 0.3) is 5.91 Å². The van der Waals surface area contributed by atoms with E-state index in [0.717, 1.165) is 17.5 Å². The first-order valence-electron chi connectivity index (χ1n) is 8.22. The van der Waals surface area contributed by atoms with E-state index in [1.807, 2.05) is 24.3 Å². The fourth-order valence-electron chi connectivity index (χ4n) is 2.54. The number of carbonyl (C=O) groups is 1. The first-order chi connectivity index (χ1) is 11.8. The molecule has 0 aromatic heterocycles. The van der Waals surface area contributed by atoms with E-state index in [-0.39, 0.29) is 10.8 Å². The standard InChI is InChI=1S/C19H24N2O3S/c1-14(2)12-16-6-4-5-7-18(16)19(22)21-13-15-8-10-17(11-9-15)25(23,24)20-3/h4-11,14,20H,12-13H2,1-3H3,(H,21,22). The summed E-state index contributed by atoms with van der Waals surface area (Å²) in [5.41, 5.74) is 2.56. The maximum atomic E-state index is 12.5. The molecule has 2 N–H and O–H groups in total. The second-order valence-corrected chi connectivity index (χ2v) is 8.18. The maximum absolute atomic E-state index is 12.5. The predicted molar refractivity (Wildman–Crippen MR) is 98.8 cm³/mol. The van der Waals surface area contributed by atoms with Gasteiger partial charge in [-0.15, -0.1) is 0 Å². The predicted octanol–water partition coefficient (Wildman–Crippen LogP) is 2.72. The molecule has 0 unspecified atom stereocenters. The Morgan fingerprint density at radius 3 is 2.28 bits per heavy atom. The number of sulfonamides is 1. The average molecular weight is 360 g/mol. The number of hydrogen-bond acceptors (Lipinski definition) is 3. The number of amides is 1. The van der Waals surface area contributed by atoms with Gasteiger partial charge in [-0.3, -0.25) is 4.79 Å². The highest BCUT2D eigenvalue weighted by Crippen LogP contribution is 2.14. The molecular formula is C19H24N2O3S. The summed E-state index contributed by atoms with van der Waals surface area (Å²) in [6.07, 6.45) is 0.847. The van der Waals surface area contributed by atoms with Crippen LogP contribution in [0.1, 0.15) is 35.3 Å². The van der Waals surface area contributed by atoms with E-state index >= 15 is 0 Å². The molecule has 0 aliphatic heterocycles. The number of carbonyl (C=O) groups excluding carboxylic acids is 1. The van der Waals surface area contributed by atoms with Crippen molar-refractivity contribution in [2.24, 2.45) is 5.92 Å². The lowest BCUT2D eigenvalue weighted by Gasteiger charge is -2.12. The summed E-state index contributed by atoms with van der Waals surface area (Å²) >= 11 is 0. The molecule has 0 aliphatic rings. The third-order valence-electron chi connectivity index (χ3n) is 3.85. The Morgan fingerprint density at radius 1 is 1.04 bits per heavy atom. The van der Waals surface area contributed by atoms with Gasteiger partial charge in [-0.05, 0) is 48.7 Å². The Kier molecular flexibility index (Phi) is 6.33. The normalized spacial score (nSPS) is 11.5. The van der Waals surface area contributed by atoms with Gasteiger partial charge in [0.1, 0.15) is 0 Å². The Balaban J connectivity index is 2.06. The van der Waals surface area contributed by atoms with Crippen molar-refractivity contribution in [3.63, 3.8) is 0 Å². The molecule has 2 aromatic carbocycles. The van der Waals surface area contributed by atoms with E-state index in [2.05, 4.69) is 23.9 Å². The van der Waals surface area contributed by atoms with Gasteiger partial charge in [-0.25, -0.2) is 13.1 Å². The lowest BCUT2D eigenvalue weighted by Crippen LogP contribution is -2.24. The molecule has 2 rings (SSSR count). The topological polar surface area (TPSA) is 75.3 Å². The van der Waals surface area contributed by atoms with Gasteiger partial charge in [0.2, 0.25) is 10.0 Å². The summed E-state index contributed by atoms with van der Waals surface area (Å²) in [5.74, 6) is 0.346. The Morgan fingerprint density at radius 2 is 1.68 bits per heavy atom. The second-order valence-electron chi connectivity index (χ2n) is 6.29. The maximum Gasteiger partial charge on any atom is 0.251 e. The van der Waals surface area contributed by atoms with Crippen molar-refractivity contribution in [3.8, 4) is 0 Å². The van der Waals surface area contributed by atoms with Crippen LogP contribution >= 0.6 is 0 Å². The molecule has 0 aliphatic carbocycles. The van der Waals surface area contributed by atoms with Crippen LogP contribution in [0.15, 0.2) is 53.4 Å². The highest BCUT2D eigenvalue weighted by molar-refractivity contribution is 7.89. The molecule has 6 heteroatoms. The van der Waals surface area contributed by atoms with Crippen molar-refractivity contribution < 1.29 is 13.2 Å². The van der Waals surface area contributed by atoms with Crippen molar-refractivity contribution in [3.05, 3.63) is 65.2 Å². The Labute approximate surface area is 149 Å². The highest BCUT2D eigenvalue weighted by atomic mass is 32.2. The minimum atomic E-state index is -3.44. The monoisotopic (exact) mass is 360 g/mol. The van der Waals surface area contributed by atoms with Crippen LogP contribution in [0.2, 0.25) is 0 Å². The SMILES string of the molecule is CNS(=O)(=O)c1ccc(CNC(=O)c2ccccc2CC(C)C)cc1. The van der Waals surface area contributed by atoms with E-state index < -0.39 is 10.0 Å². The molecule has 0 atom stereocenters. The lowest BCUT2D eigenvalue weighted by molar-refractivity contribution is 0.0950. The molecule has 1 amide bonds. The van der Waals surface area contributed by atoms with Crippen molar-refractivity contribution in [1.82, 2.24) is 10.0 Å². The largest absolute Gasteiger partial charge is 0.348 e. The van der Waals surface area contributed by atoms with Crippen LogP contribution in [0.5, 0.6) is 0 Å². The molecule has 0 bridgehead atoms. The summed E-state index contributed by atoms with van der Waals surface area (Å²) < 4.78 is 25.7. The van der Waals surface area contributed by atoms with Crippen molar-refractivity contribution in [2.75, 3.05) is 7.05 Å². The van der Waals surface area contributed by atoms with E-state index in [9.17, 15) is 13.2 Å². The zero-order valence-corrected chi connectivity index (χ0v) is 15.6. The first-order valence-corrected chi connectivity index (χ1v) is 9.70. The summed E-state index contributed by atoms with van der Waals surface area (Å²) in [6.45, 7) is 4.58. The van der Waals surface area contributed by atoms with Gasteiger partial charge in [0.05, 0.1) is 4.90 Å². The van der Waals surface area contributed by atoms with Gasteiger partial charge in [0.15, 0.2) is 0 Å². The van der Waals surface area contributed by atoms with E-state index in [4.69, 9.17) is 0 Å². The molecule has 0 radical (unpaired) electrons. The summed E-state index contributed by atoms with van der Waals surface area (Å²) in [5, 5.41) is 2.90. The second kappa shape index (κ2) is 8.27. The van der Waals surface area contributed by atoms with Crippen molar-refractivity contribution in [1.29, 1.82) is 0 Å². The first kappa shape index (κ1) is 19.1. The Bertz CT molecular complexity index is 828. The fraction of sp³-hybridized carbons (Fsp3) is 0.316. The number of rotatable bonds is 7. The molecule has 0 saturated carbocycles. The van der Waals surface area contributed by atoms with E-state index in [1.54, 1.807) is 12.1 Å². The molecule has 2 aromatic rings. The number of benzene rings is 2. The van der Waals surface area contributed by atoms with Crippen molar-refractivity contribution in [2.45, 2.75) is 31.7 Å². The molecule has 0 spiro atoms. The number of hydrogen-bond donors (Lipinski definition) is 2. The minimum absolute atomic E-state index is 0.122. The molecule has 134 valence electrons. The van der Waals surface area contributed by atoms with E-state index in [0.29, 0.717) is 18.0 Å². The zero-order chi connectivity index (χ0) is 18.4. The zero-order valence-electron chi connectivity index (χ0n) is 14.7. The highest BCUT2D eigenvalue weighted by Gasteiger charge is 2.13. The molecule has 0 saturated heterocycles.